The molecule has 0 heterocycles. The average molecular weight is 216 g/mol. The Labute approximate surface area is 94.9 Å². The average Bonchev–Trinajstić information content (AvgIpc) is 2.09. The fraction of sp³-hybridized carbons (Fsp3) is 1.00. The number of nitrogens with one attached hydrogen (secondary N) is 1. The molecule has 1 atom stereocenters. The fourth-order valence-electron chi connectivity index (χ4n) is 1.15. The molecular weight excluding hydrogens is 188 g/mol. The lowest BCUT2D eigenvalue weighted by atomic mass is 10.0. The van der Waals surface area contributed by atoms with E-state index >= 15 is 0 Å². The van der Waals surface area contributed by atoms with Crippen LogP contribution in [0.5, 0.6) is 0 Å². The van der Waals surface area contributed by atoms with Gasteiger partial charge in [0.2, 0.25) is 0 Å². The molecule has 0 saturated carbocycles. The van der Waals surface area contributed by atoms with Crippen LogP contribution in [0.15, 0.2) is 0 Å². The van der Waals surface area contributed by atoms with Crippen molar-refractivity contribution in [2.24, 2.45) is 0 Å². The van der Waals surface area contributed by atoms with Crippen LogP contribution in [0.1, 0.15) is 41.0 Å². The number of nitrogens with zero attached hydrogens (tertiary/aromatic N) is 1. The van der Waals surface area contributed by atoms with Crippen molar-refractivity contribution in [1.82, 2.24) is 10.2 Å². The number of hydrogen-bond acceptors (Lipinski definition) is 3. The molecular formula is C12H28N2O. The Bertz CT molecular complexity index is 163. The molecule has 0 aliphatic rings. The second-order valence-electron chi connectivity index (χ2n) is 5.26. The summed E-state index contributed by atoms with van der Waals surface area (Å²) in [5, 5.41) is 13.1. The van der Waals surface area contributed by atoms with E-state index in [1.165, 1.54) is 0 Å². The maximum absolute atomic E-state index is 9.71. The molecule has 3 nitrogen and oxygen atoms in total. The summed E-state index contributed by atoms with van der Waals surface area (Å²) in [4.78, 5) is 2.33. The summed E-state index contributed by atoms with van der Waals surface area (Å²) in [5.74, 6) is 0. The SMILES string of the molecule is CC(C)N(C)CCCNC(C)C(C)(C)O. The first kappa shape index (κ1) is 14.9. The lowest BCUT2D eigenvalue weighted by Gasteiger charge is -2.27. The molecule has 2 N–H and O–H groups in total. The molecule has 92 valence electrons. The molecule has 0 rings (SSSR count). The van der Waals surface area contributed by atoms with Gasteiger partial charge >= 0.3 is 0 Å². The third kappa shape index (κ3) is 6.88. The van der Waals surface area contributed by atoms with Crippen LogP contribution in [0, 0.1) is 0 Å². The molecule has 1 unspecified atom stereocenters. The van der Waals surface area contributed by atoms with Crippen LogP contribution in [0.2, 0.25) is 0 Å². The zero-order chi connectivity index (χ0) is 12.1. The lowest BCUT2D eigenvalue weighted by molar-refractivity contribution is 0.0441. The molecule has 0 saturated heterocycles. The van der Waals surface area contributed by atoms with Crippen molar-refractivity contribution in [1.29, 1.82) is 0 Å². The highest BCUT2D eigenvalue weighted by atomic mass is 16.3. The minimum Gasteiger partial charge on any atom is -0.389 e. The van der Waals surface area contributed by atoms with E-state index < -0.39 is 5.60 Å². The first-order valence-corrected chi connectivity index (χ1v) is 5.91. The third-order valence-corrected chi connectivity index (χ3v) is 3.08. The molecule has 0 bridgehead atoms. The highest BCUT2D eigenvalue weighted by molar-refractivity contribution is 4.79. The van der Waals surface area contributed by atoms with Gasteiger partial charge in [0.25, 0.3) is 0 Å². The molecule has 0 amide bonds. The van der Waals surface area contributed by atoms with Crippen molar-refractivity contribution in [3.05, 3.63) is 0 Å². The van der Waals surface area contributed by atoms with Crippen molar-refractivity contribution in [3.63, 3.8) is 0 Å². The van der Waals surface area contributed by atoms with Gasteiger partial charge in [0.05, 0.1) is 5.60 Å². The van der Waals surface area contributed by atoms with Crippen LogP contribution in [-0.2, 0) is 0 Å². The van der Waals surface area contributed by atoms with Gasteiger partial charge in [-0.25, -0.2) is 0 Å². The van der Waals surface area contributed by atoms with Crippen LogP contribution in [0.3, 0.4) is 0 Å². The summed E-state index contributed by atoms with van der Waals surface area (Å²) in [6, 6.07) is 0.749. The molecule has 0 aliphatic carbocycles. The Balaban J connectivity index is 3.55. The number of hydrogen-bond donors (Lipinski definition) is 2. The van der Waals surface area contributed by atoms with Gasteiger partial charge in [0, 0.05) is 12.1 Å². The lowest BCUT2D eigenvalue weighted by Crippen LogP contribution is -2.45. The van der Waals surface area contributed by atoms with E-state index in [-0.39, 0.29) is 6.04 Å². The Morgan fingerprint density at radius 2 is 1.80 bits per heavy atom. The van der Waals surface area contributed by atoms with E-state index in [1.807, 2.05) is 20.8 Å². The zero-order valence-electron chi connectivity index (χ0n) is 11.2. The summed E-state index contributed by atoms with van der Waals surface area (Å²) in [5.41, 5.74) is -0.635. The van der Waals surface area contributed by atoms with Crippen LogP contribution in [0.4, 0.5) is 0 Å². The quantitative estimate of drug-likeness (QED) is 0.633. The molecule has 0 aliphatic heterocycles. The molecule has 3 heteroatoms. The van der Waals surface area contributed by atoms with Crippen molar-refractivity contribution < 1.29 is 5.11 Å². The smallest absolute Gasteiger partial charge is 0.0741 e. The van der Waals surface area contributed by atoms with E-state index in [2.05, 4.69) is 31.1 Å². The van der Waals surface area contributed by atoms with Gasteiger partial charge in [-0.3, -0.25) is 0 Å². The normalized spacial score (nSPS) is 15.0. The predicted octanol–water partition coefficient (Wildman–Crippen LogP) is 1.47. The summed E-state index contributed by atoms with van der Waals surface area (Å²) >= 11 is 0. The molecule has 0 aromatic rings. The van der Waals surface area contributed by atoms with E-state index in [0.717, 1.165) is 19.5 Å². The number of rotatable bonds is 7. The van der Waals surface area contributed by atoms with Crippen LogP contribution < -0.4 is 5.32 Å². The molecule has 0 aromatic heterocycles. The predicted molar refractivity (Wildman–Crippen MR) is 66.1 cm³/mol. The van der Waals surface area contributed by atoms with Gasteiger partial charge in [-0.05, 0) is 61.2 Å². The third-order valence-electron chi connectivity index (χ3n) is 3.08. The van der Waals surface area contributed by atoms with Crippen molar-refractivity contribution in [2.75, 3.05) is 20.1 Å². The standard InChI is InChI=1S/C12H28N2O/c1-10(2)14(6)9-7-8-13-11(3)12(4,5)15/h10-11,13,15H,7-9H2,1-6H3. The number of aliphatic hydroxyl groups is 1. The van der Waals surface area contributed by atoms with Crippen molar-refractivity contribution >= 4 is 0 Å². The highest BCUT2D eigenvalue weighted by Gasteiger charge is 2.20. The monoisotopic (exact) mass is 216 g/mol. The van der Waals surface area contributed by atoms with Gasteiger partial charge in [0.1, 0.15) is 0 Å². The molecule has 15 heavy (non-hydrogen) atoms. The van der Waals surface area contributed by atoms with Gasteiger partial charge in [-0.2, -0.15) is 0 Å². The summed E-state index contributed by atoms with van der Waals surface area (Å²) in [6.07, 6.45) is 1.12. The fourth-order valence-corrected chi connectivity index (χ4v) is 1.15. The minimum absolute atomic E-state index is 0.141. The largest absolute Gasteiger partial charge is 0.389 e. The van der Waals surface area contributed by atoms with E-state index in [1.54, 1.807) is 0 Å². The van der Waals surface area contributed by atoms with Crippen LogP contribution in [0.25, 0.3) is 0 Å². The molecule has 0 radical (unpaired) electrons. The Kier molecular flexibility index (Phi) is 6.41. The Hall–Kier alpha value is -0.120. The van der Waals surface area contributed by atoms with Gasteiger partial charge < -0.3 is 15.3 Å². The summed E-state index contributed by atoms with van der Waals surface area (Å²) < 4.78 is 0. The maximum Gasteiger partial charge on any atom is 0.0741 e. The van der Waals surface area contributed by atoms with Crippen molar-refractivity contribution in [2.45, 2.75) is 58.7 Å². The zero-order valence-corrected chi connectivity index (χ0v) is 11.2. The van der Waals surface area contributed by atoms with E-state index in [0.29, 0.717) is 6.04 Å². The summed E-state index contributed by atoms with van der Waals surface area (Å²) in [6.45, 7) is 12.2. The molecule has 0 fully saturated rings. The van der Waals surface area contributed by atoms with Crippen molar-refractivity contribution in [3.8, 4) is 0 Å². The van der Waals surface area contributed by atoms with E-state index in [9.17, 15) is 5.11 Å². The highest BCUT2D eigenvalue weighted by Crippen LogP contribution is 2.07. The topological polar surface area (TPSA) is 35.5 Å². The Morgan fingerprint density at radius 3 is 2.20 bits per heavy atom. The first-order valence-electron chi connectivity index (χ1n) is 5.91. The Morgan fingerprint density at radius 1 is 1.27 bits per heavy atom. The van der Waals surface area contributed by atoms with Crippen LogP contribution >= 0.6 is 0 Å². The second-order valence-corrected chi connectivity index (χ2v) is 5.26. The first-order chi connectivity index (χ1) is 6.75. The van der Waals surface area contributed by atoms with Crippen LogP contribution in [-0.4, -0.2) is 47.8 Å². The summed E-state index contributed by atoms with van der Waals surface area (Å²) in [7, 11) is 2.14. The van der Waals surface area contributed by atoms with Gasteiger partial charge in [-0.15, -0.1) is 0 Å². The second kappa shape index (κ2) is 6.46. The maximum atomic E-state index is 9.71. The van der Waals surface area contributed by atoms with Gasteiger partial charge in [0.15, 0.2) is 0 Å². The minimum atomic E-state index is -0.635. The van der Waals surface area contributed by atoms with E-state index in [4.69, 9.17) is 0 Å². The molecule has 0 spiro atoms. The molecule has 0 aromatic carbocycles. The van der Waals surface area contributed by atoms with Gasteiger partial charge in [-0.1, -0.05) is 0 Å².